The SMILES string of the molecule is COCCSc1ccc(C(C)NS(=O)(=O)c2cnn(C)c2C(=O)O)cc1. The first kappa shape index (κ1) is 20.4. The van der Waals surface area contributed by atoms with E-state index in [0.717, 1.165) is 27.1 Å². The molecule has 8 nitrogen and oxygen atoms in total. The molecule has 2 rings (SSSR count). The zero-order chi connectivity index (χ0) is 19.3. The van der Waals surface area contributed by atoms with Gasteiger partial charge in [-0.2, -0.15) is 5.10 Å². The summed E-state index contributed by atoms with van der Waals surface area (Å²) in [5.41, 5.74) is 0.389. The van der Waals surface area contributed by atoms with E-state index >= 15 is 0 Å². The van der Waals surface area contributed by atoms with Crippen LogP contribution in [-0.4, -0.2) is 48.7 Å². The Balaban J connectivity index is 2.13. The van der Waals surface area contributed by atoms with Crippen molar-refractivity contribution in [1.29, 1.82) is 0 Å². The van der Waals surface area contributed by atoms with Crippen molar-refractivity contribution in [3.8, 4) is 0 Å². The topological polar surface area (TPSA) is 111 Å². The van der Waals surface area contributed by atoms with Gasteiger partial charge in [-0.1, -0.05) is 12.1 Å². The summed E-state index contributed by atoms with van der Waals surface area (Å²) in [7, 11) is -0.997. The van der Waals surface area contributed by atoms with E-state index in [4.69, 9.17) is 4.74 Å². The number of nitrogens with one attached hydrogen (secondary N) is 1. The fourth-order valence-corrected chi connectivity index (χ4v) is 4.52. The summed E-state index contributed by atoms with van der Waals surface area (Å²) in [5.74, 6) is -0.521. The highest BCUT2D eigenvalue weighted by molar-refractivity contribution is 7.99. The summed E-state index contributed by atoms with van der Waals surface area (Å²) < 4.78 is 33.6. The molecule has 0 fully saturated rings. The van der Waals surface area contributed by atoms with Gasteiger partial charge in [-0.3, -0.25) is 4.68 Å². The van der Waals surface area contributed by atoms with Crippen LogP contribution in [0.5, 0.6) is 0 Å². The van der Waals surface area contributed by atoms with Crippen molar-refractivity contribution >= 4 is 27.8 Å². The molecule has 2 aromatic rings. The summed E-state index contributed by atoms with van der Waals surface area (Å²) >= 11 is 1.64. The highest BCUT2D eigenvalue weighted by Crippen LogP contribution is 2.23. The normalized spacial score (nSPS) is 12.9. The molecule has 0 aliphatic carbocycles. The number of nitrogens with zero attached hydrogens (tertiary/aromatic N) is 2. The summed E-state index contributed by atoms with van der Waals surface area (Å²) in [5, 5.41) is 12.9. The maximum absolute atomic E-state index is 12.6. The number of carbonyl (C=O) groups is 1. The maximum atomic E-state index is 12.6. The van der Waals surface area contributed by atoms with Gasteiger partial charge in [-0.15, -0.1) is 11.8 Å². The Hall–Kier alpha value is -1.88. The lowest BCUT2D eigenvalue weighted by molar-refractivity contribution is 0.0680. The molecular weight excluding hydrogens is 378 g/mol. The number of carboxylic acids is 1. The molecule has 1 unspecified atom stereocenters. The second-order valence-electron chi connectivity index (χ2n) is 5.54. The number of methoxy groups -OCH3 is 1. The Morgan fingerprint density at radius 3 is 2.62 bits per heavy atom. The molecule has 2 N–H and O–H groups in total. The van der Waals surface area contributed by atoms with Crippen LogP contribution >= 0.6 is 11.8 Å². The molecule has 1 heterocycles. The summed E-state index contributed by atoms with van der Waals surface area (Å²) in [6.07, 6.45) is 1.04. The molecule has 0 spiro atoms. The third-order valence-corrected chi connectivity index (χ3v) is 6.18. The van der Waals surface area contributed by atoms with Gasteiger partial charge in [0.2, 0.25) is 10.0 Å². The van der Waals surface area contributed by atoms with Gasteiger partial charge >= 0.3 is 5.97 Å². The lowest BCUT2D eigenvalue weighted by Gasteiger charge is -2.15. The number of hydrogen-bond donors (Lipinski definition) is 2. The molecule has 1 atom stereocenters. The summed E-state index contributed by atoms with van der Waals surface area (Å²) in [4.78, 5) is 12.0. The first-order valence-corrected chi connectivity index (χ1v) is 10.2. The van der Waals surface area contributed by atoms with E-state index in [1.54, 1.807) is 25.8 Å². The average Bonchev–Trinajstić information content (AvgIpc) is 2.98. The zero-order valence-electron chi connectivity index (χ0n) is 14.7. The largest absolute Gasteiger partial charge is 0.476 e. The maximum Gasteiger partial charge on any atom is 0.355 e. The molecular formula is C16H21N3O5S2. The minimum Gasteiger partial charge on any atom is -0.476 e. The van der Waals surface area contributed by atoms with Crippen LogP contribution in [0.3, 0.4) is 0 Å². The minimum atomic E-state index is -4.03. The van der Waals surface area contributed by atoms with Crippen molar-refractivity contribution in [2.75, 3.05) is 19.5 Å². The molecule has 0 saturated heterocycles. The van der Waals surface area contributed by atoms with Crippen molar-refractivity contribution in [3.05, 3.63) is 41.7 Å². The third-order valence-electron chi connectivity index (χ3n) is 3.67. The fourth-order valence-electron chi connectivity index (χ4n) is 2.32. The summed E-state index contributed by atoms with van der Waals surface area (Å²) in [6, 6.07) is 6.97. The number of aromatic nitrogens is 2. The van der Waals surface area contributed by atoms with Crippen molar-refractivity contribution in [2.24, 2.45) is 7.05 Å². The highest BCUT2D eigenvalue weighted by atomic mass is 32.2. The number of carboxylic acid groups (broad SMARTS) is 1. The number of hydrogen-bond acceptors (Lipinski definition) is 6. The number of thioether (sulfide) groups is 1. The van der Waals surface area contributed by atoms with Gasteiger partial charge in [0.25, 0.3) is 0 Å². The van der Waals surface area contributed by atoms with Crippen LogP contribution in [-0.2, 0) is 21.8 Å². The lowest BCUT2D eigenvalue weighted by atomic mass is 10.1. The van der Waals surface area contributed by atoms with Crippen molar-refractivity contribution in [3.63, 3.8) is 0 Å². The molecule has 0 amide bonds. The van der Waals surface area contributed by atoms with Gasteiger partial charge in [-0.25, -0.2) is 17.9 Å². The van der Waals surface area contributed by atoms with Crippen molar-refractivity contribution in [2.45, 2.75) is 22.8 Å². The van der Waals surface area contributed by atoms with Crippen LogP contribution in [0.1, 0.15) is 29.0 Å². The smallest absolute Gasteiger partial charge is 0.355 e. The second kappa shape index (κ2) is 8.67. The van der Waals surface area contributed by atoms with E-state index < -0.39 is 22.0 Å². The fraction of sp³-hybridized carbons (Fsp3) is 0.375. The monoisotopic (exact) mass is 399 g/mol. The minimum absolute atomic E-state index is 0.355. The second-order valence-corrected chi connectivity index (χ2v) is 8.39. The Labute approximate surface area is 156 Å². The molecule has 10 heteroatoms. The van der Waals surface area contributed by atoms with Crippen LogP contribution in [0.25, 0.3) is 0 Å². The van der Waals surface area contributed by atoms with Crippen LogP contribution < -0.4 is 4.72 Å². The van der Waals surface area contributed by atoms with Crippen LogP contribution in [0.2, 0.25) is 0 Å². The molecule has 1 aromatic heterocycles. The predicted octanol–water partition coefficient (Wildman–Crippen LogP) is 1.90. The Kier molecular flexibility index (Phi) is 6.81. The average molecular weight is 399 g/mol. The van der Waals surface area contributed by atoms with Crippen LogP contribution in [0.15, 0.2) is 40.3 Å². The number of sulfonamides is 1. The summed E-state index contributed by atoms with van der Waals surface area (Å²) in [6.45, 7) is 2.35. The molecule has 142 valence electrons. The van der Waals surface area contributed by atoms with Crippen LogP contribution in [0, 0.1) is 0 Å². The molecule has 0 radical (unpaired) electrons. The Morgan fingerprint density at radius 2 is 2.04 bits per heavy atom. The van der Waals surface area contributed by atoms with E-state index in [2.05, 4.69) is 9.82 Å². The van der Waals surface area contributed by atoms with Gasteiger partial charge in [0.1, 0.15) is 4.90 Å². The standard InChI is InChI=1S/C16H21N3O5S2/c1-11(12-4-6-13(7-5-12)25-9-8-24-3)18-26(22,23)14-10-17-19(2)15(14)16(20)21/h4-7,10-11,18H,8-9H2,1-3H3,(H,20,21). The van der Waals surface area contributed by atoms with Crippen molar-refractivity contribution in [1.82, 2.24) is 14.5 Å². The van der Waals surface area contributed by atoms with Gasteiger partial charge < -0.3 is 9.84 Å². The van der Waals surface area contributed by atoms with Gasteiger partial charge in [0.15, 0.2) is 5.69 Å². The number of aryl methyl sites for hydroxylation is 1. The first-order chi connectivity index (χ1) is 12.3. The van der Waals surface area contributed by atoms with E-state index in [-0.39, 0.29) is 10.6 Å². The molecule has 1 aromatic carbocycles. The van der Waals surface area contributed by atoms with E-state index in [9.17, 15) is 18.3 Å². The van der Waals surface area contributed by atoms with Gasteiger partial charge in [-0.05, 0) is 24.6 Å². The first-order valence-electron chi connectivity index (χ1n) is 7.75. The zero-order valence-corrected chi connectivity index (χ0v) is 16.3. The molecule has 0 bridgehead atoms. The predicted molar refractivity (Wildman–Crippen MR) is 97.9 cm³/mol. The molecule has 0 aliphatic heterocycles. The third kappa shape index (κ3) is 4.85. The Morgan fingerprint density at radius 1 is 1.38 bits per heavy atom. The quantitative estimate of drug-likeness (QED) is 0.489. The highest BCUT2D eigenvalue weighted by Gasteiger charge is 2.28. The van der Waals surface area contributed by atoms with E-state index in [0.29, 0.717) is 6.61 Å². The molecule has 26 heavy (non-hydrogen) atoms. The Bertz CT molecular complexity index is 863. The van der Waals surface area contributed by atoms with Crippen molar-refractivity contribution < 1.29 is 23.1 Å². The molecule has 0 saturated carbocycles. The lowest BCUT2D eigenvalue weighted by Crippen LogP contribution is -2.28. The van der Waals surface area contributed by atoms with Gasteiger partial charge in [0, 0.05) is 30.8 Å². The molecule has 0 aliphatic rings. The van der Waals surface area contributed by atoms with E-state index in [1.165, 1.54) is 7.05 Å². The van der Waals surface area contributed by atoms with Crippen LogP contribution in [0.4, 0.5) is 0 Å². The number of rotatable bonds is 9. The number of ether oxygens (including phenoxy) is 1. The van der Waals surface area contributed by atoms with Gasteiger partial charge in [0.05, 0.1) is 12.8 Å². The van der Waals surface area contributed by atoms with E-state index in [1.807, 2.05) is 24.3 Å². The number of aromatic carboxylic acids is 1. The number of benzene rings is 1.